The predicted molar refractivity (Wildman–Crippen MR) is 113 cm³/mol. The van der Waals surface area contributed by atoms with Crippen molar-refractivity contribution in [3.8, 4) is 0 Å². The Balaban J connectivity index is 1.40. The fraction of sp³-hybridized carbons (Fsp3) is 0.429. The molecule has 30 heavy (non-hydrogen) atoms. The second kappa shape index (κ2) is 8.71. The standard InChI is InChI=1S/C21H26N4O4S/c1-15-2-6-18(30(27,28)24-17-4-5-17)12-19(15)21(26)23-14-16-3-7-20(22-13-16)25-8-10-29-11-9-25/h2-3,6-7,12-13,17,24H,4-5,8-11,14H2,1H3,(H,23,26). The van der Waals surface area contributed by atoms with Gasteiger partial charge in [0.15, 0.2) is 0 Å². The molecule has 1 aliphatic carbocycles. The fourth-order valence-corrected chi connectivity index (χ4v) is 4.61. The second-order valence-electron chi connectivity index (χ2n) is 7.68. The lowest BCUT2D eigenvalue weighted by Gasteiger charge is -2.27. The smallest absolute Gasteiger partial charge is 0.251 e. The van der Waals surface area contributed by atoms with Crippen LogP contribution in [-0.4, -0.2) is 51.7 Å². The molecule has 0 atom stereocenters. The molecule has 1 amide bonds. The second-order valence-corrected chi connectivity index (χ2v) is 9.39. The van der Waals surface area contributed by atoms with Gasteiger partial charge in [0, 0.05) is 37.4 Å². The molecule has 1 aromatic carbocycles. The number of benzene rings is 1. The van der Waals surface area contributed by atoms with Crippen LogP contribution in [0.1, 0.15) is 34.3 Å². The zero-order valence-electron chi connectivity index (χ0n) is 16.9. The van der Waals surface area contributed by atoms with E-state index in [1.807, 2.05) is 12.1 Å². The largest absolute Gasteiger partial charge is 0.378 e. The van der Waals surface area contributed by atoms with Crippen LogP contribution in [0.15, 0.2) is 41.4 Å². The van der Waals surface area contributed by atoms with Gasteiger partial charge in [-0.15, -0.1) is 0 Å². The van der Waals surface area contributed by atoms with Crippen molar-refractivity contribution in [2.45, 2.75) is 37.2 Å². The lowest BCUT2D eigenvalue weighted by molar-refractivity contribution is 0.0950. The van der Waals surface area contributed by atoms with E-state index in [0.29, 0.717) is 25.3 Å². The van der Waals surface area contributed by atoms with Crippen LogP contribution in [0.2, 0.25) is 0 Å². The Kier molecular flexibility index (Phi) is 6.03. The van der Waals surface area contributed by atoms with E-state index in [-0.39, 0.29) is 16.8 Å². The highest BCUT2D eigenvalue weighted by Gasteiger charge is 2.28. The number of ether oxygens (including phenoxy) is 1. The molecule has 0 radical (unpaired) electrons. The summed E-state index contributed by atoms with van der Waals surface area (Å²) in [4.78, 5) is 19.5. The van der Waals surface area contributed by atoms with Crippen LogP contribution in [0, 0.1) is 6.92 Å². The highest BCUT2D eigenvalue weighted by atomic mass is 32.2. The van der Waals surface area contributed by atoms with Gasteiger partial charge < -0.3 is 15.0 Å². The summed E-state index contributed by atoms with van der Waals surface area (Å²) >= 11 is 0. The average Bonchev–Trinajstić information content (AvgIpc) is 3.56. The molecule has 2 fully saturated rings. The van der Waals surface area contributed by atoms with E-state index in [9.17, 15) is 13.2 Å². The zero-order valence-corrected chi connectivity index (χ0v) is 17.7. The highest BCUT2D eigenvalue weighted by Crippen LogP contribution is 2.23. The third-order valence-corrected chi connectivity index (χ3v) is 6.78. The summed E-state index contributed by atoms with van der Waals surface area (Å²) < 4.78 is 32.9. The number of nitrogens with zero attached hydrogens (tertiary/aromatic N) is 2. The van der Waals surface area contributed by atoms with Crippen molar-refractivity contribution in [1.29, 1.82) is 0 Å². The van der Waals surface area contributed by atoms with Crippen molar-refractivity contribution in [3.05, 3.63) is 53.2 Å². The van der Waals surface area contributed by atoms with Crippen molar-refractivity contribution in [2.24, 2.45) is 0 Å². The van der Waals surface area contributed by atoms with Crippen LogP contribution in [0.4, 0.5) is 5.82 Å². The molecule has 1 aliphatic heterocycles. The number of pyridine rings is 1. The van der Waals surface area contributed by atoms with E-state index in [2.05, 4.69) is 19.9 Å². The van der Waals surface area contributed by atoms with Crippen molar-refractivity contribution in [1.82, 2.24) is 15.0 Å². The quantitative estimate of drug-likeness (QED) is 0.692. The minimum absolute atomic E-state index is 0.0153. The molecule has 0 spiro atoms. The summed E-state index contributed by atoms with van der Waals surface area (Å²) in [5, 5.41) is 2.86. The average molecular weight is 431 g/mol. The van der Waals surface area contributed by atoms with Gasteiger partial charge in [-0.25, -0.2) is 18.1 Å². The third kappa shape index (κ3) is 4.97. The lowest BCUT2D eigenvalue weighted by Crippen LogP contribution is -2.36. The number of hydrogen-bond donors (Lipinski definition) is 2. The topological polar surface area (TPSA) is 101 Å². The number of aryl methyl sites for hydroxylation is 1. The number of sulfonamides is 1. The molecule has 0 bridgehead atoms. The molecule has 0 unspecified atom stereocenters. The molecular formula is C21H26N4O4S. The molecule has 2 heterocycles. The maximum absolute atomic E-state index is 12.7. The first-order valence-electron chi connectivity index (χ1n) is 10.1. The summed E-state index contributed by atoms with van der Waals surface area (Å²) in [5.74, 6) is 0.582. The number of aromatic nitrogens is 1. The summed E-state index contributed by atoms with van der Waals surface area (Å²) in [6.07, 6.45) is 3.46. The van der Waals surface area contributed by atoms with Gasteiger partial charge in [-0.05, 0) is 49.1 Å². The molecule has 2 aliphatic rings. The first kappa shape index (κ1) is 20.8. The van der Waals surface area contributed by atoms with E-state index < -0.39 is 10.0 Å². The van der Waals surface area contributed by atoms with Crippen molar-refractivity contribution >= 4 is 21.7 Å². The Labute approximate surface area is 176 Å². The van der Waals surface area contributed by atoms with Crippen LogP contribution in [0.3, 0.4) is 0 Å². The summed E-state index contributed by atoms with van der Waals surface area (Å²) in [7, 11) is -3.61. The van der Waals surface area contributed by atoms with Gasteiger partial charge in [-0.1, -0.05) is 12.1 Å². The Morgan fingerprint density at radius 3 is 2.63 bits per heavy atom. The normalized spacial score (nSPS) is 17.0. The SMILES string of the molecule is Cc1ccc(S(=O)(=O)NC2CC2)cc1C(=O)NCc1ccc(N2CCOCC2)nc1. The van der Waals surface area contributed by atoms with Gasteiger partial charge in [-0.3, -0.25) is 4.79 Å². The fourth-order valence-electron chi connectivity index (χ4n) is 3.28. The molecule has 8 nitrogen and oxygen atoms in total. The van der Waals surface area contributed by atoms with E-state index in [1.165, 1.54) is 12.1 Å². The van der Waals surface area contributed by atoms with Gasteiger partial charge in [-0.2, -0.15) is 0 Å². The summed E-state index contributed by atoms with van der Waals surface area (Å²) in [6, 6.07) is 8.52. The van der Waals surface area contributed by atoms with Gasteiger partial charge in [0.05, 0.1) is 18.1 Å². The molecule has 1 saturated heterocycles. The minimum Gasteiger partial charge on any atom is -0.378 e. The zero-order chi connectivity index (χ0) is 21.1. The molecule has 2 N–H and O–H groups in total. The molecule has 4 rings (SSSR count). The Bertz CT molecular complexity index is 1010. The van der Waals surface area contributed by atoms with Crippen molar-refractivity contribution < 1.29 is 17.9 Å². The van der Waals surface area contributed by atoms with E-state index in [0.717, 1.165) is 42.9 Å². The molecular weight excluding hydrogens is 404 g/mol. The number of nitrogens with one attached hydrogen (secondary N) is 2. The lowest BCUT2D eigenvalue weighted by atomic mass is 10.1. The number of morpholine rings is 1. The Morgan fingerprint density at radius 1 is 1.20 bits per heavy atom. The number of rotatable bonds is 7. The number of anilines is 1. The maximum atomic E-state index is 12.7. The molecule has 9 heteroatoms. The first-order chi connectivity index (χ1) is 14.4. The van der Waals surface area contributed by atoms with Gasteiger partial charge in [0.1, 0.15) is 5.82 Å². The first-order valence-corrected chi connectivity index (χ1v) is 11.6. The summed E-state index contributed by atoms with van der Waals surface area (Å²) in [5.41, 5.74) is 1.95. The minimum atomic E-state index is -3.61. The van der Waals surface area contributed by atoms with Crippen LogP contribution in [-0.2, 0) is 21.3 Å². The van der Waals surface area contributed by atoms with Crippen LogP contribution >= 0.6 is 0 Å². The van der Waals surface area contributed by atoms with Crippen molar-refractivity contribution in [3.63, 3.8) is 0 Å². The predicted octanol–water partition coefficient (Wildman–Crippen LogP) is 1.60. The molecule has 2 aromatic rings. The molecule has 160 valence electrons. The highest BCUT2D eigenvalue weighted by molar-refractivity contribution is 7.89. The number of carbonyl (C=O) groups is 1. The summed E-state index contributed by atoms with van der Waals surface area (Å²) in [6.45, 7) is 5.13. The monoisotopic (exact) mass is 430 g/mol. The third-order valence-electron chi connectivity index (χ3n) is 5.26. The van der Waals surface area contributed by atoms with Crippen LogP contribution in [0.5, 0.6) is 0 Å². The van der Waals surface area contributed by atoms with E-state index in [1.54, 1.807) is 19.2 Å². The van der Waals surface area contributed by atoms with Gasteiger partial charge in [0.2, 0.25) is 10.0 Å². The van der Waals surface area contributed by atoms with Crippen molar-refractivity contribution in [2.75, 3.05) is 31.2 Å². The van der Waals surface area contributed by atoms with E-state index >= 15 is 0 Å². The van der Waals surface area contributed by atoms with Crippen LogP contribution < -0.4 is 14.9 Å². The van der Waals surface area contributed by atoms with Crippen LogP contribution in [0.25, 0.3) is 0 Å². The van der Waals surface area contributed by atoms with Gasteiger partial charge >= 0.3 is 0 Å². The number of carbonyl (C=O) groups excluding carboxylic acids is 1. The number of amides is 1. The van der Waals surface area contributed by atoms with Gasteiger partial charge in [0.25, 0.3) is 5.91 Å². The maximum Gasteiger partial charge on any atom is 0.251 e. The Hall–Kier alpha value is -2.49. The number of hydrogen-bond acceptors (Lipinski definition) is 6. The van der Waals surface area contributed by atoms with E-state index in [4.69, 9.17) is 4.74 Å². The molecule has 1 saturated carbocycles. The Morgan fingerprint density at radius 2 is 1.97 bits per heavy atom. The molecule has 1 aromatic heterocycles.